The molecule has 2 aliphatic carbocycles. The van der Waals surface area contributed by atoms with Gasteiger partial charge in [-0.05, 0) is 43.6 Å². The van der Waals surface area contributed by atoms with Crippen LogP contribution in [0.25, 0.3) is 0 Å². The van der Waals surface area contributed by atoms with Crippen LogP contribution in [0, 0.1) is 17.8 Å². The Morgan fingerprint density at radius 3 is 2.75 bits per heavy atom. The maximum Gasteiger partial charge on any atom is 0.152 e. The average molecular weight is 162 g/mol. The molecular formula is C11H14O. The highest BCUT2D eigenvalue weighted by Gasteiger charge is 2.33. The number of hydrogen-bond donors (Lipinski definition) is 0. The Morgan fingerprint density at radius 1 is 1.42 bits per heavy atom. The van der Waals surface area contributed by atoms with Crippen molar-refractivity contribution in [3.63, 3.8) is 0 Å². The Bertz CT molecular complexity index is 250. The number of hydrogen-bond acceptors (Lipinski definition) is 1. The van der Waals surface area contributed by atoms with Crippen molar-refractivity contribution in [3.05, 3.63) is 24.3 Å². The third-order valence-electron chi connectivity index (χ3n) is 2.91. The lowest BCUT2D eigenvalue weighted by molar-refractivity contribution is -0.112. The van der Waals surface area contributed by atoms with Crippen molar-refractivity contribution in [3.8, 4) is 0 Å². The van der Waals surface area contributed by atoms with Crippen molar-refractivity contribution >= 4 is 5.78 Å². The zero-order chi connectivity index (χ0) is 8.55. The van der Waals surface area contributed by atoms with E-state index in [1.807, 2.05) is 0 Å². The largest absolute Gasteiger partial charge is 0.295 e. The lowest BCUT2D eigenvalue weighted by Crippen LogP contribution is -2.03. The summed E-state index contributed by atoms with van der Waals surface area (Å²) in [7, 11) is 0. The molecule has 0 aromatic rings. The Kier molecular flexibility index (Phi) is 1.87. The second-order valence-electron chi connectivity index (χ2n) is 3.91. The number of carbonyl (C=O) groups excluding carboxylic acids is 1. The maximum atomic E-state index is 10.7. The second-order valence-corrected chi connectivity index (χ2v) is 3.91. The van der Waals surface area contributed by atoms with E-state index in [-0.39, 0.29) is 5.78 Å². The molecule has 0 saturated heterocycles. The second kappa shape index (κ2) is 2.89. The van der Waals surface area contributed by atoms with Gasteiger partial charge in [-0.25, -0.2) is 0 Å². The molecule has 3 atom stereocenters. The average Bonchev–Trinajstić information content (AvgIpc) is 2.60. The fourth-order valence-corrected chi connectivity index (χ4v) is 2.30. The fraction of sp³-hybridized carbons (Fsp3) is 0.545. The Labute approximate surface area is 73.2 Å². The summed E-state index contributed by atoms with van der Waals surface area (Å²) in [5, 5.41) is 0. The number of fused-ring (bicyclic) bond motifs is 2. The van der Waals surface area contributed by atoms with E-state index in [9.17, 15) is 4.79 Å². The van der Waals surface area contributed by atoms with Crippen molar-refractivity contribution < 1.29 is 4.79 Å². The summed E-state index contributed by atoms with van der Waals surface area (Å²) < 4.78 is 0. The van der Waals surface area contributed by atoms with Crippen molar-refractivity contribution in [1.82, 2.24) is 0 Å². The van der Waals surface area contributed by atoms with Gasteiger partial charge in [0.2, 0.25) is 0 Å². The molecular weight excluding hydrogens is 148 g/mol. The molecule has 1 saturated carbocycles. The minimum absolute atomic E-state index is 0.168. The molecule has 12 heavy (non-hydrogen) atoms. The zero-order valence-electron chi connectivity index (χ0n) is 7.36. The van der Waals surface area contributed by atoms with E-state index in [4.69, 9.17) is 0 Å². The molecule has 0 aromatic heterocycles. The highest BCUT2D eigenvalue weighted by molar-refractivity contribution is 5.87. The first-order chi connectivity index (χ1) is 5.75. The van der Waals surface area contributed by atoms with Crippen LogP contribution in [0.3, 0.4) is 0 Å². The van der Waals surface area contributed by atoms with Crippen LogP contribution in [0.2, 0.25) is 0 Å². The lowest BCUT2D eigenvalue weighted by atomic mass is 9.93. The van der Waals surface area contributed by atoms with Crippen LogP contribution >= 0.6 is 0 Å². The highest BCUT2D eigenvalue weighted by atomic mass is 16.1. The van der Waals surface area contributed by atoms with Gasteiger partial charge in [0, 0.05) is 0 Å². The molecule has 0 heterocycles. The van der Waals surface area contributed by atoms with E-state index < -0.39 is 0 Å². The van der Waals surface area contributed by atoms with Crippen molar-refractivity contribution in [2.75, 3.05) is 0 Å². The Balaban J connectivity index is 1.99. The molecule has 2 bridgehead atoms. The summed E-state index contributed by atoms with van der Waals surface area (Å²) in [5.41, 5.74) is 0. The molecule has 0 N–H and O–H groups in total. The van der Waals surface area contributed by atoms with Gasteiger partial charge in [-0.15, -0.1) is 0 Å². The number of rotatable bonds is 2. The predicted molar refractivity (Wildman–Crippen MR) is 48.7 cm³/mol. The van der Waals surface area contributed by atoms with Crippen LogP contribution in [0.1, 0.15) is 19.8 Å². The van der Waals surface area contributed by atoms with Gasteiger partial charge >= 0.3 is 0 Å². The molecule has 0 spiro atoms. The Hall–Kier alpha value is -0.850. The van der Waals surface area contributed by atoms with Gasteiger partial charge in [-0.1, -0.05) is 18.2 Å². The molecule has 0 aliphatic heterocycles. The van der Waals surface area contributed by atoms with E-state index >= 15 is 0 Å². The molecule has 1 fully saturated rings. The third-order valence-corrected chi connectivity index (χ3v) is 2.91. The SMILES string of the molecule is CC(=O)/C=C\[C@@H]1C[C@H]2C=C[C@H]1C2. The topological polar surface area (TPSA) is 17.1 Å². The molecule has 1 nitrogen and oxygen atoms in total. The number of carbonyl (C=O) groups is 1. The molecule has 0 radical (unpaired) electrons. The summed E-state index contributed by atoms with van der Waals surface area (Å²) in [6.45, 7) is 1.61. The molecule has 2 aliphatic rings. The van der Waals surface area contributed by atoms with Crippen LogP contribution in [-0.4, -0.2) is 5.78 Å². The normalized spacial score (nSPS) is 38.2. The minimum atomic E-state index is 0.168. The van der Waals surface area contributed by atoms with E-state index in [0.29, 0.717) is 5.92 Å². The summed E-state index contributed by atoms with van der Waals surface area (Å²) >= 11 is 0. The summed E-state index contributed by atoms with van der Waals surface area (Å²) in [6, 6.07) is 0. The number of allylic oxidation sites excluding steroid dienone is 4. The van der Waals surface area contributed by atoms with Gasteiger partial charge in [0.15, 0.2) is 5.78 Å². The smallest absolute Gasteiger partial charge is 0.152 e. The van der Waals surface area contributed by atoms with Crippen molar-refractivity contribution in [2.24, 2.45) is 17.8 Å². The van der Waals surface area contributed by atoms with E-state index in [1.54, 1.807) is 13.0 Å². The van der Waals surface area contributed by atoms with Crippen LogP contribution in [-0.2, 0) is 4.79 Å². The van der Waals surface area contributed by atoms with Crippen LogP contribution in [0.4, 0.5) is 0 Å². The van der Waals surface area contributed by atoms with E-state index in [1.165, 1.54) is 12.8 Å². The van der Waals surface area contributed by atoms with Gasteiger partial charge in [0.05, 0.1) is 0 Å². The molecule has 0 unspecified atom stereocenters. The fourth-order valence-electron chi connectivity index (χ4n) is 2.30. The molecule has 0 aromatic carbocycles. The summed E-state index contributed by atoms with van der Waals surface area (Å²) in [6.07, 6.45) is 11.0. The number of ketones is 1. The van der Waals surface area contributed by atoms with Crippen LogP contribution < -0.4 is 0 Å². The zero-order valence-corrected chi connectivity index (χ0v) is 7.36. The van der Waals surface area contributed by atoms with E-state index in [0.717, 1.165) is 11.8 Å². The summed E-state index contributed by atoms with van der Waals surface area (Å²) in [5.74, 6) is 2.34. The lowest BCUT2D eigenvalue weighted by Gasteiger charge is -2.12. The first-order valence-electron chi connectivity index (χ1n) is 4.63. The van der Waals surface area contributed by atoms with Crippen molar-refractivity contribution in [1.29, 1.82) is 0 Å². The van der Waals surface area contributed by atoms with Crippen LogP contribution in [0.15, 0.2) is 24.3 Å². The first-order valence-corrected chi connectivity index (χ1v) is 4.63. The minimum Gasteiger partial charge on any atom is -0.295 e. The molecule has 2 rings (SSSR count). The maximum absolute atomic E-state index is 10.7. The summed E-state index contributed by atoms with van der Waals surface area (Å²) in [4.78, 5) is 10.7. The molecule has 1 heteroatoms. The van der Waals surface area contributed by atoms with Crippen molar-refractivity contribution in [2.45, 2.75) is 19.8 Å². The standard InChI is InChI=1S/C11H14O/c1-8(12)2-4-10-6-9-3-5-11(10)7-9/h2-5,9-11H,6-7H2,1H3/b4-2-/t9-,10-,11+/m1/s1. The highest BCUT2D eigenvalue weighted by Crippen LogP contribution is 2.43. The quantitative estimate of drug-likeness (QED) is 0.450. The Morgan fingerprint density at radius 2 is 2.25 bits per heavy atom. The van der Waals surface area contributed by atoms with Gasteiger partial charge in [0.1, 0.15) is 0 Å². The van der Waals surface area contributed by atoms with Gasteiger partial charge in [-0.3, -0.25) is 4.79 Å². The van der Waals surface area contributed by atoms with Gasteiger partial charge in [-0.2, -0.15) is 0 Å². The van der Waals surface area contributed by atoms with Gasteiger partial charge in [0.25, 0.3) is 0 Å². The monoisotopic (exact) mass is 162 g/mol. The first kappa shape index (κ1) is 7.78. The predicted octanol–water partition coefficient (Wildman–Crippen LogP) is 2.34. The third kappa shape index (κ3) is 1.36. The van der Waals surface area contributed by atoms with Gasteiger partial charge < -0.3 is 0 Å². The molecule has 64 valence electrons. The van der Waals surface area contributed by atoms with Crippen LogP contribution in [0.5, 0.6) is 0 Å². The van der Waals surface area contributed by atoms with E-state index in [2.05, 4.69) is 18.2 Å². The molecule has 0 amide bonds.